The molecule has 1 aliphatic carbocycles. The maximum absolute atomic E-state index is 15.0. The number of aryl methyl sites for hydroxylation is 1. The van der Waals surface area contributed by atoms with Gasteiger partial charge in [0.15, 0.2) is 5.82 Å². The van der Waals surface area contributed by atoms with Crippen LogP contribution in [-0.2, 0) is 6.54 Å². The minimum Gasteiger partial charge on any atom is -0.365 e. The third kappa shape index (κ3) is 3.71. The van der Waals surface area contributed by atoms with E-state index in [0.29, 0.717) is 68.2 Å². The Balaban J connectivity index is 1.27. The SMILES string of the molecule is Cc1nc2ccc(CN3CCN(C4=C(F)N([C@H]5C[C@H]5F)CC=C4)CC3)c(F)c2[nH]c1=O. The van der Waals surface area contributed by atoms with E-state index in [1.807, 2.05) is 11.0 Å². The highest BCUT2D eigenvalue weighted by Gasteiger charge is 2.44. The summed E-state index contributed by atoms with van der Waals surface area (Å²) in [4.78, 5) is 24.1. The molecule has 2 atom stereocenters. The number of aromatic amines is 1. The number of fused-ring (bicyclic) bond motifs is 1. The van der Waals surface area contributed by atoms with Crippen molar-refractivity contribution in [1.82, 2.24) is 24.7 Å². The Morgan fingerprint density at radius 3 is 2.65 bits per heavy atom. The van der Waals surface area contributed by atoms with Gasteiger partial charge in [-0.15, -0.1) is 0 Å². The summed E-state index contributed by atoms with van der Waals surface area (Å²) in [5.74, 6) is -0.817. The summed E-state index contributed by atoms with van der Waals surface area (Å²) >= 11 is 0. The van der Waals surface area contributed by atoms with Gasteiger partial charge in [0.05, 0.1) is 17.3 Å². The lowest BCUT2D eigenvalue weighted by molar-refractivity contribution is 0.143. The van der Waals surface area contributed by atoms with Gasteiger partial charge in [-0.2, -0.15) is 4.39 Å². The van der Waals surface area contributed by atoms with Crippen molar-refractivity contribution in [3.63, 3.8) is 0 Å². The molecule has 6 nitrogen and oxygen atoms in total. The van der Waals surface area contributed by atoms with Gasteiger partial charge in [-0.1, -0.05) is 12.1 Å². The number of aromatic nitrogens is 2. The van der Waals surface area contributed by atoms with Gasteiger partial charge in [0.25, 0.3) is 5.56 Å². The number of rotatable bonds is 4. The predicted molar refractivity (Wildman–Crippen MR) is 111 cm³/mol. The zero-order valence-corrected chi connectivity index (χ0v) is 17.2. The van der Waals surface area contributed by atoms with Crippen LogP contribution in [0.1, 0.15) is 17.7 Å². The number of piperazine rings is 1. The Morgan fingerprint density at radius 2 is 1.94 bits per heavy atom. The molecule has 2 fully saturated rings. The first-order valence-electron chi connectivity index (χ1n) is 10.5. The number of allylic oxidation sites excluding steroid dienone is 1. The van der Waals surface area contributed by atoms with Crippen LogP contribution < -0.4 is 5.56 Å². The number of H-pyrrole nitrogens is 1. The van der Waals surface area contributed by atoms with Gasteiger partial charge in [0.2, 0.25) is 5.95 Å². The van der Waals surface area contributed by atoms with Gasteiger partial charge in [-0.05, 0) is 19.1 Å². The molecule has 2 aromatic rings. The number of nitrogens with one attached hydrogen (secondary N) is 1. The molecule has 1 aromatic carbocycles. The first kappa shape index (κ1) is 20.1. The number of benzene rings is 1. The van der Waals surface area contributed by atoms with Crippen LogP contribution in [0.25, 0.3) is 11.0 Å². The van der Waals surface area contributed by atoms with Crippen molar-refractivity contribution in [2.45, 2.75) is 32.1 Å². The molecule has 5 rings (SSSR count). The first-order chi connectivity index (χ1) is 14.9. The molecular weight excluding hydrogens is 407 g/mol. The minimum absolute atomic E-state index is 0.123. The molecule has 0 spiro atoms. The average Bonchev–Trinajstić information content (AvgIpc) is 3.49. The number of halogens is 3. The van der Waals surface area contributed by atoms with E-state index in [9.17, 15) is 18.0 Å². The van der Waals surface area contributed by atoms with Crippen LogP contribution in [0.5, 0.6) is 0 Å². The molecule has 1 N–H and O–H groups in total. The Kier molecular flexibility index (Phi) is 5.00. The minimum atomic E-state index is -0.943. The summed E-state index contributed by atoms with van der Waals surface area (Å²) in [6, 6.07) is 3.06. The van der Waals surface area contributed by atoms with Gasteiger partial charge < -0.3 is 14.8 Å². The van der Waals surface area contributed by atoms with Gasteiger partial charge >= 0.3 is 0 Å². The summed E-state index contributed by atoms with van der Waals surface area (Å²) in [6.07, 6.45) is 3.09. The fourth-order valence-corrected chi connectivity index (χ4v) is 4.33. The quantitative estimate of drug-likeness (QED) is 0.755. The molecule has 3 aliphatic rings. The summed E-state index contributed by atoms with van der Waals surface area (Å²) < 4.78 is 43.3. The van der Waals surface area contributed by atoms with Crippen molar-refractivity contribution in [1.29, 1.82) is 0 Å². The zero-order chi connectivity index (χ0) is 21.7. The first-order valence-corrected chi connectivity index (χ1v) is 10.5. The van der Waals surface area contributed by atoms with Crippen molar-refractivity contribution < 1.29 is 13.2 Å². The number of hydrogen-bond donors (Lipinski definition) is 1. The zero-order valence-electron chi connectivity index (χ0n) is 17.2. The number of alkyl halides is 1. The standard InChI is InChI=1S/C22H24F3N5O/c1-13-22(31)27-20-16(26-13)5-4-14(19(20)24)12-28-7-9-29(10-8-28)17-3-2-6-30(21(17)25)18-11-15(18)23/h2-5,15,18H,6-12H2,1H3,(H,27,31)/t15-,18+/m1/s1. The van der Waals surface area contributed by atoms with Crippen LogP contribution in [0.3, 0.4) is 0 Å². The molecule has 2 aliphatic heterocycles. The van der Waals surface area contributed by atoms with E-state index in [4.69, 9.17) is 0 Å². The molecule has 1 aromatic heterocycles. The molecule has 0 amide bonds. The van der Waals surface area contributed by atoms with E-state index in [1.54, 1.807) is 25.1 Å². The highest BCUT2D eigenvalue weighted by Crippen LogP contribution is 2.37. The lowest BCUT2D eigenvalue weighted by atomic mass is 10.1. The van der Waals surface area contributed by atoms with Gasteiger partial charge in [0, 0.05) is 51.3 Å². The topological polar surface area (TPSA) is 55.5 Å². The van der Waals surface area contributed by atoms with E-state index in [1.165, 1.54) is 4.90 Å². The van der Waals surface area contributed by atoms with E-state index < -0.39 is 17.5 Å². The second-order valence-corrected chi connectivity index (χ2v) is 8.40. The van der Waals surface area contributed by atoms with Gasteiger partial charge in [0.1, 0.15) is 17.4 Å². The Bertz CT molecular complexity index is 1140. The summed E-state index contributed by atoms with van der Waals surface area (Å²) in [5, 5.41) is 0. The second kappa shape index (κ2) is 7.71. The lowest BCUT2D eigenvalue weighted by Crippen LogP contribution is -2.46. The molecule has 1 saturated heterocycles. The maximum Gasteiger partial charge on any atom is 0.269 e. The largest absolute Gasteiger partial charge is 0.365 e. The number of nitrogens with zero attached hydrogens (tertiary/aromatic N) is 4. The summed E-state index contributed by atoms with van der Waals surface area (Å²) in [5.41, 5.74) is 1.44. The second-order valence-electron chi connectivity index (χ2n) is 8.40. The molecule has 3 heterocycles. The molecule has 9 heteroatoms. The predicted octanol–water partition coefficient (Wildman–Crippen LogP) is 2.61. The normalized spacial score (nSPS) is 24.4. The Morgan fingerprint density at radius 1 is 1.19 bits per heavy atom. The van der Waals surface area contributed by atoms with Crippen LogP contribution in [0.15, 0.2) is 40.7 Å². The van der Waals surface area contributed by atoms with Crippen LogP contribution in [0.2, 0.25) is 0 Å². The fraction of sp³-hybridized carbons (Fsp3) is 0.455. The van der Waals surface area contributed by atoms with Crippen LogP contribution >= 0.6 is 0 Å². The van der Waals surface area contributed by atoms with Crippen molar-refractivity contribution in [2.75, 3.05) is 32.7 Å². The van der Waals surface area contributed by atoms with E-state index in [0.717, 1.165) is 0 Å². The number of hydrogen-bond acceptors (Lipinski definition) is 5. The van der Waals surface area contributed by atoms with Gasteiger partial charge in [-0.3, -0.25) is 9.69 Å². The van der Waals surface area contributed by atoms with E-state index in [-0.39, 0.29) is 17.5 Å². The Labute approximate surface area is 177 Å². The average molecular weight is 431 g/mol. The van der Waals surface area contributed by atoms with Crippen LogP contribution in [-0.4, -0.2) is 69.6 Å². The highest BCUT2D eigenvalue weighted by molar-refractivity contribution is 5.75. The lowest BCUT2D eigenvalue weighted by Gasteiger charge is -2.38. The Hall–Kier alpha value is -2.81. The molecule has 31 heavy (non-hydrogen) atoms. The smallest absolute Gasteiger partial charge is 0.269 e. The van der Waals surface area contributed by atoms with E-state index >= 15 is 0 Å². The van der Waals surface area contributed by atoms with Crippen molar-refractivity contribution in [3.05, 3.63) is 63.4 Å². The van der Waals surface area contributed by atoms with Crippen molar-refractivity contribution in [3.8, 4) is 0 Å². The molecule has 0 unspecified atom stereocenters. The third-order valence-electron chi connectivity index (χ3n) is 6.28. The summed E-state index contributed by atoms with van der Waals surface area (Å²) in [7, 11) is 0. The maximum atomic E-state index is 15.0. The molecule has 0 radical (unpaired) electrons. The van der Waals surface area contributed by atoms with Crippen LogP contribution in [0.4, 0.5) is 13.2 Å². The highest BCUT2D eigenvalue weighted by atomic mass is 19.1. The third-order valence-corrected chi connectivity index (χ3v) is 6.28. The fourth-order valence-electron chi connectivity index (χ4n) is 4.33. The van der Waals surface area contributed by atoms with Crippen molar-refractivity contribution >= 4 is 11.0 Å². The van der Waals surface area contributed by atoms with Crippen LogP contribution in [0, 0.1) is 12.7 Å². The monoisotopic (exact) mass is 431 g/mol. The molecule has 1 saturated carbocycles. The molecular formula is C22H24F3N5O. The molecule has 0 bridgehead atoms. The van der Waals surface area contributed by atoms with Gasteiger partial charge in [-0.25, -0.2) is 13.8 Å². The van der Waals surface area contributed by atoms with E-state index in [2.05, 4.69) is 14.9 Å². The summed E-state index contributed by atoms with van der Waals surface area (Å²) in [6.45, 7) is 4.84. The molecule has 164 valence electrons. The van der Waals surface area contributed by atoms with Crippen molar-refractivity contribution in [2.24, 2.45) is 0 Å².